The third kappa shape index (κ3) is 2.85. The molecule has 5 nitrogen and oxygen atoms in total. The molecule has 1 saturated heterocycles. The van der Waals surface area contributed by atoms with E-state index in [2.05, 4.69) is 31.1 Å². The van der Waals surface area contributed by atoms with Gasteiger partial charge in [-0.1, -0.05) is 20.8 Å². The summed E-state index contributed by atoms with van der Waals surface area (Å²) < 4.78 is 0. The van der Waals surface area contributed by atoms with E-state index in [1.165, 1.54) is 16.2 Å². The average molecular weight is 295 g/mol. The summed E-state index contributed by atoms with van der Waals surface area (Å²) in [6.07, 6.45) is 0.210. The highest BCUT2D eigenvalue weighted by molar-refractivity contribution is 7.13. The highest BCUT2D eigenvalue weighted by Gasteiger charge is 2.40. The SMILES string of the molecule is CC(C)N1C(=O)CC(Nc2nc(C(C)(C)C)cs2)C1=O. The number of hydrogen-bond acceptors (Lipinski definition) is 5. The molecule has 6 heteroatoms. The van der Waals surface area contributed by atoms with Gasteiger partial charge in [0.15, 0.2) is 5.13 Å². The minimum Gasteiger partial charge on any atom is -0.349 e. The average Bonchev–Trinajstić information content (AvgIpc) is 2.84. The highest BCUT2D eigenvalue weighted by Crippen LogP contribution is 2.28. The van der Waals surface area contributed by atoms with Gasteiger partial charge in [-0.15, -0.1) is 11.3 Å². The van der Waals surface area contributed by atoms with Gasteiger partial charge in [-0.3, -0.25) is 14.5 Å². The van der Waals surface area contributed by atoms with Crippen LogP contribution >= 0.6 is 11.3 Å². The summed E-state index contributed by atoms with van der Waals surface area (Å²) in [5.74, 6) is -0.271. The molecule has 1 aliphatic rings. The Labute approximate surface area is 123 Å². The van der Waals surface area contributed by atoms with Crippen molar-refractivity contribution in [1.29, 1.82) is 0 Å². The van der Waals surface area contributed by atoms with Gasteiger partial charge in [-0.2, -0.15) is 0 Å². The fourth-order valence-electron chi connectivity index (χ4n) is 2.14. The Kier molecular flexibility index (Phi) is 3.86. The number of thiazole rings is 1. The van der Waals surface area contributed by atoms with Crippen LogP contribution in [0.25, 0.3) is 0 Å². The molecule has 0 aromatic carbocycles. The fraction of sp³-hybridized carbons (Fsp3) is 0.643. The summed E-state index contributed by atoms with van der Waals surface area (Å²) in [5.41, 5.74) is 0.970. The first-order chi connectivity index (χ1) is 9.20. The van der Waals surface area contributed by atoms with Crippen LogP contribution in [0.5, 0.6) is 0 Å². The Hall–Kier alpha value is -1.43. The number of carbonyl (C=O) groups is 2. The van der Waals surface area contributed by atoms with E-state index >= 15 is 0 Å². The number of hydrogen-bond donors (Lipinski definition) is 1. The Morgan fingerprint density at radius 1 is 1.40 bits per heavy atom. The van der Waals surface area contributed by atoms with Crippen molar-refractivity contribution in [2.75, 3.05) is 5.32 Å². The summed E-state index contributed by atoms with van der Waals surface area (Å²) in [7, 11) is 0. The maximum Gasteiger partial charge on any atom is 0.252 e. The van der Waals surface area contributed by atoms with E-state index in [0.29, 0.717) is 5.13 Å². The molecule has 1 aliphatic heterocycles. The molecule has 2 heterocycles. The van der Waals surface area contributed by atoms with Crippen LogP contribution in [-0.2, 0) is 15.0 Å². The number of nitrogens with one attached hydrogen (secondary N) is 1. The molecule has 2 rings (SSSR count). The number of likely N-dealkylation sites (tertiary alicyclic amines) is 1. The lowest BCUT2D eigenvalue weighted by Crippen LogP contribution is -2.39. The second-order valence-corrected chi connectivity index (χ2v) is 7.24. The lowest BCUT2D eigenvalue weighted by Gasteiger charge is -2.19. The lowest BCUT2D eigenvalue weighted by molar-refractivity contribution is -0.140. The van der Waals surface area contributed by atoms with E-state index in [1.807, 2.05) is 19.2 Å². The molecular formula is C14H21N3O2S. The summed E-state index contributed by atoms with van der Waals surface area (Å²) >= 11 is 1.47. The quantitative estimate of drug-likeness (QED) is 0.870. The third-order valence-electron chi connectivity index (χ3n) is 3.27. The lowest BCUT2D eigenvalue weighted by atomic mass is 9.93. The second-order valence-electron chi connectivity index (χ2n) is 6.38. The van der Waals surface area contributed by atoms with Crippen molar-refractivity contribution in [1.82, 2.24) is 9.88 Å². The van der Waals surface area contributed by atoms with Crippen LogP contribution in [0.4, 0.5) is 5.13 Å². The van der Waals surface area contributed by atoms with Crippen molar-refractivity contribution < 1.29 is 9.59 Å². The van der Waals surface area contributed by atoms with Crippen molar-refractivity contribution in [3.63, 3.8) is 0 Å². The molecular weight excluding hydrogens is 274 g/mol. The van der Waals surface area contributed by atoms with Gasteiger partial charge < -0.3 is 5.32 Å². The number of carbonyl (C=O) groups excluding carboxylic acids is 2. The van der Waals surface area contributed by atoms with E-state index in [9.17, 15) is 9.59 Å². The summed E-state index contributed by atoms with van der Waals surface area (Å²) in [6, 6.07) is -0.577. The molecule has 0 radical (unpaired) electrons. The van der Waals surface area contributed by atoms with Crippen LogP contribution in [0.2, 0.25) is 0 Å². The molecule has 2 amide bonds. The highest BCUT2D eigenvalue weighted by atomic mass is 32.1. The predicted octanol–water partition coefficient (Wildman–Crippen LogP) is 2.39. The number of imide groups is 1. The molecule has 1 aromatic heterocycles. The minimum absolute atomic E-state index is 0.0180. The summed E-state index contributed by atoms with van der Waals surface area (Å²) in [4.78, 5) is 29.9. The number of aromatic nitrogens is 1. The number of rotatable bonds is 3. The molecule has 1 unspecified atom stereocenters. The normalized spacial score (nSPS) is 20.1. The Morgan fingerprint density at radius 3 is 2.50 bits per heavy atom. The van der Waals surface area contributed by atoms with Gasteiger partial charge in [0, 0.05) is 16.8 Å². The van der Waals surface area contributed by atoms with Crippen molar-refractivity contribution in [2.45, 2.75) is 58.5 Å². The first-order valence-corrected chi connectivity index (χ1v) is 7.66. The monoisotopic (exact) mass is 295 g/mol. The van der Waals surface area contributed by atoms with Gasteiger partial charge in [-0.25, -0.2) is 4.98 Å². The second kappa shape index (κ2) is 5.16. The standard InChI is InChI=1S/C14H21N3O2S/c1-8(2)17-11(18)6-9(12(17)19)15-13-16-10(7-20-13)14(3,4)5/h7-9H,6H2,1-5H3,(H,15,16). The van der Waals surface area contributed by atoms with Gasteiger partial charge >= 0.3 is 0 Å². The number of anilines is 1. The van der Waals surface area contributed by atoms with Crippen LogP contribution in [-0.4, -0.2) is 33.8 Å². The molecule has 0 bridgehead atoms. The van der Waals surface area contributed by atoms with E-state index in [-0.39, 0.29) is 29.7 Å². The van der Waals surface area contributed by atoms with Gasteiger partial charge in [0.25, 0.3) is 5.91 Å². The number of nitrogens with zero attached hydrogens (tertiary/aromatic N) is 2. The summed E-state index contributed by atoms with van der Waals surface area (Å²) in [6.45, 7) is 9.97. The largest absolute Gasteiger partial charge is 0.349 e. The van der Waals surface area contributed by atoms with Crippen LogP contribution in [0.1, 0.15) is 46.7 Å². The Bertz CT molecular complexity index is 531. The topological polar surface area (TPSA) is 62.3 Å². The molecule has 1 fully saturated rings. The zero-order valence-corrected chi connectivity index (χ0v) is 13.4. The van der Waals surface area contributed by atoms with Gasteiger partial charge in [-0.05, 0) is 13.8 Å². The molecule has 0 aliphatic carbocycles. The molecule has 20 heavy (non-hydrogen) atoms. The molecule has 0 saturated carbocycles. The van der Waals surface area contributed by atoms with Crippen molar-refractivity contribution in [3.05, 3.63) is 11.1 Å². The first-order valence-electron chi connectivity index (χ1n) is 6.78. The van der Waals surface area contributed by atoms with Gasteiger partial charge in [0.1, 0.15) is 6.04 Å². The van der Waals surface area contributed by atoms with E-state index in [4.69, 9.17) is 0 Å². The molecule has 1 atom stereocenters. The predicted molar refractivity (Wildman–Crippen MR) is 79.8 cm³/mol. The van der Waals surface area contributed by atoms with Crippen molar-refractivity contribution >= 4 is 28.3 Å². The molecule has 110 valence electrons. The Balaban J connectivity index is 2.10. The number of amides is 2. The van der Waals surface area contributed by atoms with Crippen LogP contribution in [0, 0.1) is 0 Å². The Morgan fingerprint density at radius 2 is 2.05 bits per heavy atom. The third-order valence-corrected chi connectivity index (χ3v) is 4.04. The van der Waals surface area contributed by atoms with E-state index in [0.717, 1.165) is 5.69 Å². The smallest absolute Gasteiger partial charge is 0.252 e. The zero-order chi connectivity index (χ0) is 15.1. The first kappa shape index (κ1) is 15.0. The van der Waals surface area contributed by atoms with Gasteiger partial charge in [0.2, 0.25) is 5.91 Å². The van der Waals surface area contributed by atoms with Crippen LogP contribution < -0.4 is 5.32 Å². The zero-order valence-electron chi connectivity index (χ0n) is 12.6. The molecule has 1 N–H and O–H groups in total. The van der Waals surface area contributed by atoms with Crippen molar-refractivity contribution in [2.24, 2.45) is 0 Å². The van der Waals surface area contributed by atoms with E-state index < -0.39 is 6.04 Å². The maximum absolute atomic E-state index is 12.2. The molecule has 1 aromatic rings. The van der Waals surface area contributed by atoms with E-state index in [1.54, 1.807) is 0 Å². The van der Waals surface area contributed by atoms with Crippen molar-refractivity contribution in [3.8, 4) is 0 Å². The van der Waals surface area contributed by atoms with Crippen LogP contribution in [0.3, 0.4) is 0 Å². The summed E-state index contributed by atoms with van der Waals surface area (Å²) in [5, 5.41) is 5.78. The maximum atomic E-state index is 12.2. The molecule has 0 spiro atoms. The van der Waals surface area contributed by atoms with Crippen LogP contribution in [0.15, 0.2) is 5.38 Å². The fourth-order valence-corrected chi connectivity index (χ4v) is 3.13. The van der Waals surface area contributed by atoms with Gasteiger partial charge in [0.05, 0.1) is 12.1 Å². The minimum atomic E-state index is -0.483.